The van der Waals surface area contributed by atoms with Gasteiger partial charge >= 0.3 is 18.1 Å². The van der Waals surface area contributed by atoms with Gasteiger partial charge < -0.3 is 19.9 Å². The van der Waals surface area contributed by atoms with Crippen molar-refractivity contribution in [3.05, 3.63) is 28.3 Å². The number of urea groups is 1. The lowest BCUT2D eigenvalue weighted by atomic mass is 9.93. The minimum absolute atomic E-state index is 0.0351. The predicted octanol–water partition coefficient (Wildman–Crippen LogP) is 3.70. The number of rotatable bonds is 3. The molecule has 33 heavy (non-hydrogen) atoms. The van der Waals surface area contributed by atoms with Gasteiger partial charge in [0.2, 0.25) is 0 Å². The number of carbonyl (C=O) groups excluding carboxylic acids is 2. The molecule has 0 aromatic heterocycles. The van der Waals surface area contributed by atoms with Crippen LogP contribution in [0.15, 0.2) is 12.1 Å². The van der Waals surface area contributed by atoms with Gasteiger partial charge in [-0.05, 0) is 48.8 Å². The van der Waals surface area contributed by atoms with Crippen LogP contribution in [0.4, 0.5) is 18.0 Å². The smallest absolute Gasteiger partial charge is 0.471 e. The number of halogens is 4. The van der Waals surface area contributed by atoms with Gasteiger partial charge in [-0.15, -0.1) is 0 Å². The van der Waals surface area contributed by atoms with Crippen LogP contribution in [0.3, 0.4) is 0 Å². The molecule has 2 saturated carbocycles. The Morgan fingerprint density at radius 1 is 1.09 bits per heavy atom. The molecule has 6 nitrogen and oxygen atoms in total. The minimum Gasteiger partial charge on any atom is -0.495 e. The first kappa shape index (κ1) is 23.6. The summed E-state index contributed by atoms with van der Waals surface area (Å²) in [4.78, 5) is 26.2. The summed E-state index contributed by atoms with van der Waals surface area (Å²) in [5.41, 5.74) is 1.25. The highest BCUT2D eigenvalue weighted by atomic mass is 35.5. The van der Waals surface area contributed by atoms with Crippen LogP contribution in [0, 0.1) is 11.8 Å². The van der Waals surface area contributed by atoms with E-state index in [2.05, 4.69) is 24.1 Å². The van der Waals surface area contributed by atoms with Crippen molar-refractivity contribution in [2.24, 2.45) is 0 Å². The average Bonchev–Trinajstić information content (AvgIpc) is 3.70. The molecule has 1 heterocycles. The van der Waals surface area contributed by atoms with Crippen molar-refractivity contribution in [3.63, 3.8) is 0 Å². The number of ether oxygens (including phenoxy) is 1. The third-order valence-corrected chi connectivity index (χ3v) is 6.87. The Kier molecular flexibility index (Phi) is 5.94. The second kappa shape index (κ2) is 8.32. The van der Waals surface area contributed by atoms with Crippen LogP contribution in [0.5, 0.6) is 5.75 Å². The molecule has 0 bridgehead atoms. The number of nitrogens with one attached hydrogen (secondary N) is 1. The summed E-state index contributed by atoms with van der Waals surface area (Å²) in [7, 11) is 1.54. The van der Waals surface area contributed by atoms with Crippen LogP contribution in [-0.2, 0) is 10.2 Å². The highest BCUT2D eigenvalue weighted by Gasteiger charge is 2.46. The van der Waals surface area contributed by atoms with Crippen molar-refractivity contribution in [1.82, 2.24) is 15.1 Å². The molecule has 178 valence electrons. The molecule has 0 unspecified atom stereocenters. The molecule has 1 aliphatic heterocycles. The molecular formula is C23H25ClF3N3O3. The number of carbonyl (C=O) groups is 2. The Labute approximate surface area is 195 Å². The van der Waals surface area contributed by atoms with E-state index in [4.69, 9.17) is 16.3 Å². The van der Waals surface area contributed by atoms with E-state index in [1.165, 1.54) is 4.90 Å². The van der Waals surface area contributed by atoms with Gasteiger partial charge in [-0.1, -0.05) is 30.4 Å². The second-order valence-electron chi connectivity index (χ2n) is 9.13. The van der Waals surface area contributed by atoms with E-state index in [1.54, 1.807) is 7.11 Å². The maximum atomic E-state index is 12.7. The number of hydrogen-bond donors (Lipinski definition) is 1. The fourth-order valence-corrected chi connectivity index (χ4v) is 4.18. The number of methoxy groups -OCH3 is 1. The van der Waals surface area contributed by atoms with Crippen molar-refractivity contribution in [2.75, 3.05) is 33.3 Å². The SMILES string of the molecule is COc1cc(C#CC2(NC(=O)N3CCN(C(=O)C(F)(F)F)CC3)CC2)c(C2(C)CC2)cc1Cl. The lowest BCUT2D eigenvalue weighted by Gasteiger charge is -2.35. The van der Waals surface area contributed by atoms with E-state index in [0.29, 0.717) is 23.6 Å². The summed E-state index contributed by atoms with van der Waals surface area (Å²) < 4.78 is 43.2. The normalized spacial score (nSPS) is 20.4. The van der Waals surface area contributed by atoms with Crippen LogP contribution in [0.2, 0.25) is 5.02 Å². The first-order chi connectivity index (χ1) is 15.5. The van der Waals surface area contributed by atoms with E-state index < -0.39 is 17.6 Å². The monoisotopic (exact) mass is 483 g/mol. The van der Waals surface area contributed by atoms with E-state index in [9.17, 15) is 22.8 Å². The summed E-state index contributed by atoms with van der Waals surface area (Å²) in [5, 5.41) is 3.46. The van der Waals surface area contributed by atoms with E-state index >= 15 is 0 Å². The number of hydrogen-bond acceptors (Lipinski definition) is 3. The molecule has 2 aliphatic carbocycles. The largest absolute Gasteiger partial charge is 0.495 e. The predicted molar refractivity (Wildman–Crippen MR) is 116 cm³/mol. The quantitative estimate of drug-likeness (QED) is 0.667. The minimum atomic E-state index is -4.90. The molecular weight excluding hydrogens is 459 g/mol. The summed E-state index contributed by atoms with van der Waals surface area (Å²) in [6.07, 6.45) is -1.42. The highest BCUT2D eigenvalue weighted by molar-refractivity contribution is 6.32. The molecule has 1 aromatic rings. The van der Waals surface area contributed by atoms with Crippen molar-refractivity contribution < 1.29 is 27.5 Å². The standard InChI is InChI=1S/C23H25ClF3N3O3/c1-21(5-6-21)16-14-17(24)18(33-2)13-15(16)3-4-22(7-8-22)28-20(32)30-11-9-29(10-12-30)19(31)23(25,26)27/h13-14H,5-12H2,1-2H3,(H,28,32). The maximum absolute atomic E-state index is 12.7. The third-order valence-electron chi connectivity index (χ3n) is 6.57. The van der Waals surface area contributed by atoms with Gasteiger partial charge in [-0.2, -0.15) is 13.2 Å². The van der Waals surface area contributed by atoms with Crippen LogP contribution in [0.25, 0.3) is 0 Å². The first-order valence-electron chi connectivity index (χ1n) is 10.8. The van der Waals surface area contributed by atoms with Crippen LogP contribution < -0.4 is 10.1 Å². The summed E-state index contributed by atoms with van der Waals surface area (Å²) in [6, 6.07) is 3.34. The van der Waals surface area contributed by atoms with Crippen LogP contribution in [-0.4, -0.2) is 66.7 Å². The lowest BCUT2D eigenvalue weighted by Crippen LogP contribution is -2.56. The van der Waals surface area contributed by atoms with Crippen molar-refractivity contribution >= 4 is 23.5 Å². The first-order valence-corrected chi connectivity index (χ1v) is 11.2. The summed E-state index contributed by atoms with van der Waals surface area (Å²) in [5.74, 6) is 5.07. The van der Waals surface area contributed by atoms with Crippen LogP contribution >= 0.6 is 11.6 Å². The number of alkyl halides is 3. The van der Waals surface area contributed by atoms with Gasteiger partial charge in [-0.25, -0.2) is 4.79 Å². The fraction of sp³-hybridized carbons (Fsp3) is 0.565. The Morgan fingerprint density at radius 2 is 1.70 bits per heavy atom. The molecule has 0 radical (unpaired) electrons. The molecule has 3 aliphatic rings. The van der Waals surface area contributed by atoms with Gasteiger partial charge in [0, 0.05) is 31.7 Å². The molecule has 1 aromatic carbocycles. The zero-order valence-corrected chi connectivity index (χ0v) is 19.2. The third kappa shape index (κ3) is 5.01. The van der Waals surface area contributed by atoms with E-state index in [-0.39, 0.29) is 37.6 Å². The second-order valence-corrected chi connectivity index (χ2v) is 9.54. The summed E-state index contributed by atoms with van der Waals surface area (Å²) >= 11 is 6.32. The highest BCUT2D eigenvalue weighted by Crippen LogP contribution is 2.50. The number of benzene rings is 1. The van der Waals surface area contributed by atoms with Gasteiger partial charge in [0.25, 0.3) is 0 Å². The maximum Gasteiger partial charge on any atom is 0.471 e. The van der Waals surface area contributed by atoms with Gasteiger partial charge in [-0.3, -0.25) is 4.79 Å². The zero-order valence-electron chi connectivity index (χ0n) is 18.4. The topological polar surface area (TPSA) is 61.9 Å². The number of nitrogens with zero attached hydrogens (tertiary/aromatic N) is 2. The molecule has 3 fully saturated rings. The van der Waals surface area contributed by atoms with Crippen molar-refractivity contribution in [1.29, 1.82) is 0 Å². The molecule has 1 N–H and O–H groups in total. The average molecular weight is 484 g/mol. The zero-order chi connectivity index (χ0) is 24.0. The van der Waals surface area contributed by atoms with Gasteiger partial charge in [0.05, 0.1) is 12.1 Å². The van der Waals surface area contributed by atoms with Crippen molar-refractivity contribution in [3.8, 4) is 17.6 Å². The Bertz CT molecular complexity index is 1030. The molecule has 3 amide bonds. The Balaban J connectivity index is 1.43. The lowest BCUT2D eigenvalue weighted by molar-refractivity contribution is -0.186. The summed E-state index contributed by atoms with van der Waals surface area (Å²) in [6.45, 7) is 1.92. The molecule has 4 rings (SSSR count). The molecule has 0 atom stereocenters. The Morgan fingerprint density at radius 3 is 2.21 bits per heavy atom. The van der Waals surface area contributed by atoms with E-state index in [0.717, 1.165) is 28.9 Å². The molecule has 10 heteroatoms. The van der Waals surface area contributed by atoms with Crippen LogP contribution in [0.1, 0.15) is 43.7 Å². The molecule has 0 spiro atoms. The fourth-order valence-electron chi connectivity index (χ4n) is 3.94. The number of amides is 3. The van der Waals surface area contributed by atoms with E-state index in [1.807, 2.05) is 12.1 Å². The number of piperazine rings is 1. The van der Waals surface area contributed by atoms with Gasteiger partial charge in [0.1, 0.15) is 11.3 Å². The van der Waals surface area contributed by atoms with Gasteiger partial charge in [0.15, 0.2) is 0 Å². The van der Waals surface area contributed by atoms with Crippen molar-refractivity contribution in [2.45, 2.75) is 49.7 Å². The molecule has 1 saturated heterocycles. The Hall–Kier alpha value is -2.60.